The van der Waals surface area contributed by atoms with Gasteiger partial charge in [-0.3, -0.25) is 10.1 Å². The molecule has 3 nitrogen and oxygen atoms in total. The highest BCUT2D eigenvalue weighted by Gasteiger charge is 2.17. The van der Waals surface area contributed by atoms with E-state index in [0.29, 0.717) is 5.02 Å². The fourth-order valence-corrected chi connectivity index (χ4v) is 2.39. The lowest BCUT2D eigenvalue weighted by atomic mass is 10.1. The van der Waals surface area contributed by atoms with Gasteiger partial charge in [-0.2, -0.15) is 0 Å². The van der Waals surface area contributed by atoms with Crippen LogP contribution in [0.3, 0.4) is 0 Å². The molecule has 0 radical (unpaired) electrons. The molecular formula is C16H25ClN2O. The van der Waals surface area contributed by atoms with Crippen LogP contribution in [0.15, 0.2) is 24.3 Å². The van der Waals surface area contributed by atoms with Crippen molar-refractivity contribution >= 4 is 17.5 Å². The third kappa shape index (κ3) is 5.51. The molecule has 3 unspecified atom stereocenters. The van der Waals surface area contributed by atoms with Crippen LogP contribution in [-0.4, -0.2) is 18.0 Å². The molecule has 1 aromatic rings. The summed E-state index contributed by atoms with van der Waals surface area (Å²) in [6.07, 6.45) is 2.07. The van der Waals surface area contributed by atoms with Gasteiger partial charge in [-0.1, -0.05) is 37.1 Å². The van der Waals surface area contributed by atoms with Crippen molar-refractivity contribution in [1.29, 1.82) is 0 Å². The summed E-state index contributed by atoms with van der Waals surface area (Å²) >= 11 is 5.98. The molecule has 0 spiro atoms. The summed E-state index contributed by atoms with van der Waals surface area (Å²) in [5.41, 5.74) is 1.08. The van der Waals surface area contributed by atoms with Gasteiger partial charge in [0.25, 0.3) is 0 Å². The van der Waals surface area contributed by atoms with E-state index in [1.807, 2.05) is 45.0 Å². The Morgan fingerprint density at radius 2 is 2.00 bits per heavy atom. The van der Waals surface area contributed by atoms with E-state index in [-0.39, 0.29) is 24.0 Å². The summed E-state index contributed by atoms with van der Waals surface area (Å²) in [7, 11) is 0. The maximum atomic E-state index is 12.1. The molecule has 0 heterocycles. The van der Waals surface area contributed by atoms with Gasteiger partial charge in [-0.15, -0.1) is 0 Å². The van der Waals surface area contributed by atoms with Crippen molar-refractivity contribution in [3.63, 3.8) is 0 Å². The summed E-state index contributed by atoms with van der Waals surface area (Å²) in [6.45, 7) is 8.07. The van der Waals surface area contributed by atoms with Gasteiger partial charge in [0.05, 0.1) is 6.04 Å². The average Bonchev–Trinajstić information content (AvgIpc) is 2.38. The van der Waals surface area contributed by atoms with Gasteiger partial charge in [0, 0.05) is 17.1 Å². The van der Waals surface area contributed by atoms with Crippen molar-refractivity contribution in [3.8, 4) is 0 Å². The number of nitrogens with one attached hydrogen (secondary N) is 2. The van der Waals surface area contributed by atoms with E-state index < -0.39 is 0 Å². The number of carbonyl (C=O) groups excluding carboxylic acids is 1. The molecule has 4 heteroatoms. The Hall–Kier alpha value is -1.06. The zero-order valence-electron chi connectivity index (χ0n) is 12.7. The summed E-state index contributed by atoms with van der Waals surface area (Å²) in [6, 6.07) is 7.76. The van der Waals surface area contributed by atoms with E-state index in [1.165, 1.54) is 0 Å². The van der Waals surface area contributed by atoms with E-state index in [2.05, 4.69) is 17.6 Å². The van der Waals surface area contributed by atoms with Crippen LogP contribution < -0.4 is 10.6 Å². The zero-order valence-corrected chi connectivity index (χ0v) is 13.5. The third-order valence-corrected chi connectivity index (χ3v) is 3.59. The van der Waals surface area contributed by atoms with Gasteiger partial charge >= 0.3 is 0 Å². The van der Waals surface area contributed by atoms with Crippen molar-refractivity contribution in [2.24, 2.45) is 0 Å². The molecule has 0 saturated heterocycles. The minimum atomic E-state index is -0.233. The smallest absolute Gasteiger partial charge is 0.237 e. The largest absolute Gasteiger partial charge is 0.352 e. The minimum absolute atomic E-state index is 0.0415. The molecule has 1 rings (SSSR count). The first-order valence-electron chi connectivity index (χ1n) is 7.26. The molecule has 1 aromatic carbocycles. The molecule has 3 atom stereocenters. The molecule has 0 saturated carbocycles. The second kappa shape index (κ2) is 8.28. The van der Waals surface area contributed by atoms with Gasteiger partial charge in [-0.05, 0) is 44.9 Å². The molecule has 1 amide bonds. The van der Waals surface area contributed by atoms with Crippen LogP contribution in [0, 0.1) is 0 Å². The lowest BCUT2D eigenvalue weighted by Gasteiger charge is -2.22. The van der Waals surface area contributed by atoms with Gasteiger partial charge in [0.15, 0.2) is 0 Å². The summed E-state index contributed by atoms with van der Waals surface area (Å²) < 4.78 is 0. The first-order chi connectivity index (χ1) is 9.43. The summed E-state index contributed by atoms with van der Waals surface area (Å²) in [5, 5.41) is 7.03. The molecule has 20 heavy (non-hydrogen) atoms. The van der Waals surface area contributed by atoms with E-state index in [1.54, 1.807) is 0 Å². The van der Waals surface area contributed by atoms with Crippen LogP contribution in [0.2, 0.25) is 5.02 Å². The van der Waals surface area contributed by atoms with Crippen LogP contribution in [0.4, 0.5) is 0 Å². The number of amides is 1. The van der Waals surface area contributed by atoms with Crippen LogP contribution >= 0.6 is 11.6 Å². The highest BCUT2D eigenvalue weighted by Crippen LogP contribution is 2.17. The normalized spacial score (nSPS) is 15.4. The van der Waals surface area contributed by atoms with Crippen LogP contribution in [0.1, 0.15) is 52.1 Å². The topological polar surface area (TPSA) is 41.1 Å². The number of hydrogen-bond acceptors (Lipinski definition) is 2. The van der Waals surface area contributed by atoms with Gasteiger partial charge in [0.2, 0.25) is 5.91 Å². The van der Waals surface area contributed by atoms with Gasteiger partial charge < -0.3 is 5.32 Å². The third-order valence-electron chi connectivity index (χ3n) is 3.35. The van der Waals surface area contributed by atoms with Crippen LogP contribution in [0.5, 0.6) is 0 Å². The van der Waals surface area contributed by atoms with E-state index in [4.69, 9.17) is 11.6 Å². The fourth-order valence-electron chi connectivity index (χ4n) is 2.20. The maximum absolute atomic E-state index is 12.1. The predicted molar refractivity (Wildman–Crippen MR) is 85.0 cm³/mol. The Balaban J connectivity index is 2.52. The SMILES string of the molecule is CCCC(C)NC(=O)C(C)NC(C)c1cccc(Cl)c1. The molecule has 0 aliphatic carbocycles. The second-order valence-corrected chi connectivity index (χ2v) is 5.80. The lowest BCUT2D eigenvalue weighted by Crippen LogP contribution is -2.46. The number of halogens is 1. The van der Waals surface area contributed by atoms with Crippen molar-refractivity contribution in [1.82, 2.24) is 10.6 Å². The number of carbonyl (C=O) groups is 1. The quantitative estimate of drug-likeness (QED) is 0.806. The Morgan fingerprint density at radius 1 is 1.30 bits per heavy atom. The summed E-state index contributed by atoms with van der Waals surface area (Å²) in [5.74, 6) is 0.0415. The maximum Gasteiger partial charge on any atom is 0.237 e. The molecular weight excluding hydrogens is 272 g/mol. The molecule has 112 valence electrons. The standard InChI is InChI=1S/C16H25ClN2O/c1-5-7-11(2)18-16(20)13(4)19-12(3)14-8-6-9-15(17)10-14/h6,8-13,19H,5,7H2,1-4H3,(H,18,20). The van der Waals surface area contributed by atoms with E-state index in [9.17, 15) is 4.79 Å². The second-order valence-electron chi connectivity index (χ2n) is 5.36. The number of hydrogen-bond donors (Lipinski definition) is 2. The van der Waals surface area contributed by atoms with Crippen molar-refractivity contribution in [2.75, 3.05) is 0 Å². The highest BCUT2D eigenvalue weighted by molar-refractivity contribution is 6.30. The average molecular weight is 297 g/mol. The first-order valence-corrected chi connectivity index (χ1v) is 7.63. The Labute approximate surface area is 127 Å². The minimum Gasteiger partial charge on any atom is -0.352 e. The first kappa shape index (κ1) is 17.0. The van der Waals surface area contributed by atoms with Gasteiger partial charge in [-0.25, -0.2) is 0 Å². The molecule has 0 aliphatic heterocycles. The molecule has 2 N–H and O–H groups in total. The lowest BCUT2D eigenvalue weighted by molar-refractivity contribution is -0.123. The van der Waals surface area contributed by atoms with Gasteiger partial charge in [0.1, 0.15) is 0 Å². The van der Waals surface area contributed by atoms with Crippen molar-refractivity contribution in [2.45, 2.75) is 58.7 Å². The van der Waals surface area contributed by atoms with E-state index >= 15 is 0 Å². The Bertz CT molecular complexity index is 436. The summed E-state index contributed by atoms with van der Waals surface area (Å²) in [4.78, 5) is 12.1. The fraction of sp³-hybridized carbons (Fsp3) is 0.562. The molecule has 0 fully saturated rings. The van der Waals surface area contributed by atoms with Crippen LogP contribution in [-0.2, 0) is 4.79 Å². The molecule has 0 bridgehead atoms. The predicted octanol–water partition coefficient (Wildman–Crippen LogP) is 3.68. The molecule has 0 aliphatic rings. The van der Waals surface area contributed by atoms with E-state index in [0.717, 1.165) is 18.4 Å². The zero-order chi connectivity index (χ0) is 15.1. The number of benzene rings is 1. The highest BCUT2D eigenvalue weighted by atomic mass is 35.5. The Kier molecular flexibility index (Phi) is 7.03. The Morgan fingerprint density at radius 3 is 2.60 bits per heavy atom. The number of rotatable bonds is 7. The molecule has 0 aromatic heterocycles. The monoisotopic (exact) mass is 296 g/mol. The van der Waals surface area contributed by atoms with Crippen LogP contribution in [0.25, 0.3) is 0 Å². The van der Waals surface area contributed by atoms with Crippen molar-refractivity contribution in [3.05, 3.63) is 34.9 Å². The van der Waals surface area contributed by atoms with Crippen molar-refractivity contribution < 1.29 is 4.79 Å².